The summed E-state index contributed by atoms with van der Waals surface area (Å²) in [6.07, 6.45) is 0.933. The van der Waals surface area contributed by atoms with Gasteiger partial charge in [0.05, 0.1) is 5.69 Å². The Kier molecular flexibility index (Phi) is 3.24. The minimum Gasteiger partial charge on any atom is -0.322 e. The van der Waals surface area contributed by atoms with Crippen molar-refractivity contribution in [3.8, 4) is 0 Å². The number of aryl methyl sites for hydroxylation is 1. The Labute approximate surface area is 145 Å². The lowest BCUT2D eigenvalue weighted by molar-refractivity contribution is 0.610. The zero-order valence-electron chi connectivity index (χ0n) is 12.5. The van der Waals surface area contributed by atoms with Crippen molar-refractivity contribution in [1.29, 1.82) is 0 Å². The molecule has 2 atom stereocenters. The van der Waals surface area contributed by atoms with Crippen molar-refractivity contribution in [1.82, 2.24) is 0 Å². The third-order valence-electron chi connectivity index (χ3n) is 4.66. The van der Waals surface area contributed by atoms with Crippen molar-refractivity contribution < 1.29 is 0 Å². The molecule has 1 saturated heterocycles. The van der Waals surface area contributed by atoms with E-state index in [-0.39, 0.29) is 5.54 Å². The van der Waals surface area contributed by atoms with Crippen molar-refractivity contribution in [3.05, 3.63) is 59.7 Å². The molecule has 0 aromatic heterocycles. The van der Waals surface area contributed by atoms with E-state index in [0.29, 0.717) is 5.25 Å². The highest BCUT2D eigenvalue weighted by Crippen LogP contribution is 2.71. The molecule has 0 unspecified atom stereocenters. The largest absolute Gasteiger partial charge is 0.322 e. The number of benzene rings is 2. The first kappa shape index (κ1) is 14.7. The topological polar surface area (TPSA) is 3.01 Å². The van der Waals surface area contributed by atoms with Gasteiger partial charge in [-0.25, -0.2) is 0 Å². The van der Waals surface area contributed by atoms with E-state index in [0.717, 1.165) is 12.1 Å². The van der Waals surface area contributed by atoms with Crippen LogP contribution in [0.25, 0.3) is 0 Å². The van der Waals surface area contributed by atoms with Gasteiger partial charge in [0, 0.05) is 10.1 Å². The highest BCUT2D eigenvalue weighted by atomic mass is 35.5. The van der Waals surface area contributed by atoms with Gasteiger partial charge in [-0.2, -0.15) is 0 Å². The lowest BCUT2D eigenvalue weighted by Gasteiger charge is -2.19. The molecule has 0 bridgehead atoms. The van der Waals surface area contributed by atoms with Crippen molar-refractivity contribution >= 4 is 40.7 Å². The number of fused-ring (bicyclic) bond motifs is 3. The van der Waals surface area contributed by atoms with E-state index in [9.17, 15) is 0 Å². The van der Waals surface area contributed by atoms with Crippen LogP contribution in [-0.4, -0.2) is 9.71 Å². The van der Waals surface area contributed by atoms with Gasteiger partial charge in [-0.05, 0) is 31.0 Å². The van der Waals surface area contributed by atoms with E-state index >= 15 is 0 Å². The van der Waals surface area contributed by atoms with E-state index in [1.807, 2.05) is 11.8 Å². The smallest absolute Gasteiger partial charge is 0.219 e. The fourth-order valence-electron chi connectivity index (χ4n) is 3.58. The predicted molar refractivity (Wildman–Crippen MR) is 96.2 cm³/mol. The van der Waals surface area contributed by atoms with Gasteiger partial charge in [-0.15, -0.1) is 11.8 Å². The quantitative estimate of drug-likeness (QED) is 0.367. The van der Waals surface area contributed by atoms with Gasteiger partial charge in [0.15, 0.2) is 0 Å². The van der Waals surface area contributed by atoms with Gasteiger partial charge in [-0.1, -0.05) is 72.1 Å². The average Bonchev–Trinajstić information content (AvgIpc) is 3.01. The number of thioether (sulfide) groups is 1. The zero-order chi connectivity index (χ0) is 15.5. The summed E-state index contributed by atoms with van der Waals surface area (Å²) in [5, 5.41) is 0.451. The number of rotatable bonds is 1. The van der Waals surface area contributed by atoms with Crippen molar-refractivity contribution in [2.75, 3.05) is 4.90 Å². The maximum Gasteiger partial charge on any atom is 0.219 e. The third kappa shape index (κ3) is 1.87. The Hall–Kier alpha value is -0.830. The second kappa shape index (κ2) is 4.83. The van der Waals surface area contributed by atoms with Crippen LogP contribution in [-0.2, 0) is 5.54 Å². The highest BCUT2D eigenvalue weighted by molar-refractivity contribution is 8.00. The van der Waals surface area contributed by atoms with E-state index in [1.165, 1.54) is 16.0 Å². The monoisotopic (exact) mass is 349 g/mol. The van der Waals surface area contributed by atoms with Gasteiger partial charge in [-0.3, -0.25) is 0 Å². The molecule has 2 aromatic rings. The van der Waals surface area contributed by atoms with Crippen LogP contribution in [0.15, 0.2) is 53.4 Å². The Balaban J connectivity index is 1.90. The lowest BCUT2D eigenvalue weighted by atomic mass is 9.92. The Bertz CT molecular complexity index is 728. The molecule has 114 valence electrons. The first-order valence-electron chi connectivity index (χ1n) is 7.48. The van der Waals surface area contributed by atoms with Crippen LogP contribution in [0.2, 0.25) is 0 Å². The fourth-order valence-corrected chi connectivity index (χ4v) is 5.71. The number of hydrogen-bond donors (Lipinski definition) is 0. The molecule has 0 spiro atoms. The Morgan fingerprint density at radius 1 is 1.09 bits per heavy atom. The minimum atomic E-state index is -0.881. The van der Waals surface area contributed by atoms with E-state index in [4.69, 9.17) is 23.2 Å². The number of nitrogens with zero attached hydrogens (tertiary/aromatic N) is 1. The summed E-state index contributed by atoms with van der Waals surface area (Å²) in [6.45, 7) is 4.35. The standard InChI is InChI=1S/C18H17Cl2NS/c1-12-7-9-14(10-8-12)17-11-13(2)22-16-6-4-3-5-15(16)21(17)18(17,19)20/h3-10,13H,11H2,1-2H3/t13-,17-,21?/m0/s1. The summed E-state index contributed by atoms with van der Waals surface area (Å²) < 4.78 is -0.881. The molecule has 0 amide bonds. The summed E-state index contributed by atoms with van der Waals surface area (Å²) in [4.78, 5) is 3.44. The van der Waals surface area contributed by atoms with Crippen LogP contribution in [0.4, 0.5) is 5.69 Å². The molecule has 0 aliphatic carbocycles. The molecule has 2 aliphatic rings. The van der Waals surface area contributed by atoms with Crippen LogP contribution in [0.5, 0.6) is 0 Å². The van der Waals surface area contributed by atoms with Gasteiger partial charge < -0.3 is 4.90 Å². The molecule has 0 saturated carbocycles. The molecule has 1 nitrogen and oxygen atoms in total. The van der Waals surface area contributed by atoms with Crippen LogP contribution in [0.3, 0.4) is 0 Å². The van der Waals surface area contributed by atoms with Crippen molar-refractivity contribution in [2.45, 2.75) is 40.4 Å². The molecule has 4 heteroatoms. The lowest BCUT2D eigenvalue weighted by Crippen LogP contribution is -2.21. The number of para-hydroxylation sites is 1. The number of alkyl halides is 2. The molecular weight excluding hydrogens is 333 g/mol. The normalized spacial score (nSPS) is 28.5. The summed E-state index contributed by atoms with van der Waals surface area (Å²) in [5.41, 5.74) is 3.26. The first-order chi connectivity index (χ1) is 10.5. The van der Waals surface area contributed by atoms with Crippen LogP contribution < -0.4 is 4.90 Å². The molecule has 2 heterocycles. The predicted octanol–water partition coefficient (Wildman–Crippen LogP) is 5.73. The van der Waals surface area contributed by atoms with Crippen molar-refractivity contribution in [3.63, 3.8) is 0 Å². The Morgan fingerprint density at radius 2 is 1.77 bits per heavy atom. The van der Waals surface area contributed by atoms with E-state index in [2.05, 4.69) is 67.3 Å². The van der Waals surface area contributed by atoms with Crippen LogP contribution >= 0.6 is 35.0 Å². The maximum atomic E-state index is 6.79. The molecule has 4 rings (SSSR count). The van der Waals surface area contributed by atoms with E-state index < -0.39 is 4.46 Å². The van der Waals surface area contributed by atoms with Gasteiger partial charge in [0.2, 0.25) is 4.46 Å². The number of halogens is 2. The van der Waals surface area contributed by atoms with E-state index in [1.54, 1.807) is 0 Å². The molecule has 0 N–H and O–H groups in total. The molecular formula is C18H17Cl2NS. The van der Waals surface area contributed by atoms with Crippen LogP contribution in [0, 0.1) is 6.92 Å². The minimum absolute atomic E-state index is 0.331. The molecule has 1 fully saturated rings. The fraction of sp³-hybridized carbons (Fsp3) is 0.333. The summed E-state index contributed by atoms with van der Waals surface area (Å²) >= 11 is 15.5. The van der Waals surface area contributed by atoms with Gasteiger partial charge in [0.1, 0.15) is 5.54 Å². The molecule has 0 radical (unpaired) electrons. The van der Waals surface area contributed by atoms with Gasteiger partial charge >= 0.3 is 0 Å². The summed E-state index contributed by atoms with van der Waals surface area (Å²) in [7, 11) is 0. The maximum absolute atomic E-state index is 6.79. The second-order valence-electron chi connectivity index (χ2n) is 6.20. The third-order valence-corrected chi connectivity index (χ3v) is 6.79. The molecule has 22 heavy (non-hydrogen) atoms. The van der Waals surface area contributed by atoms with Crippen LogP contribution in [0.1, 0.15) is 24.5 Å². The highest BCUT2D eigenvalue weighted by Gasteiger charge is 2.76. The van der Waals surface area contributed by atoms with Gasteiger partial charge in [0.25, 0.3) is 0 Å². The Morgan fingerprint density at radius 3 is 2.50 bits per heavy atom. The summed E-state index contributed by atoms with van der Waals surface area (Å²) in [6, 6.07) is 17.0. The molecule has 2 aliphatic heterocycles. The average molecular weight is 350 g/mol. The van der Waals surface area contributed by atoms with Crippen molar-refractivity contribution in [2.24, 2.45) is 0 Å². The number of anilines is 1. The second-order valence-corrected chi connectivity index (χ2v) is 8.97. The SMILES string of the molecule is Cc1ccc([C@]23C[C@H](C)Sc4ccccc4N2C3(Cl)Cl)cc1. The zero-order valence-corrected chi connectivity index (χ0v) is 14.8. The summed E-state index contributed by atoms with van der Waals surface area (Å²) in [5.74, 6) is 0. The number of hydrogen-bond acceptors (Lipinski definition) is 2. The first-order valence-corrected chi connectivity index (χ1v) is 9.11. The molecule has 2 aromatic carbocycles.